The van der Waals surface area contributed by atoms with Crippen LogP contribution >= 0.6 is 12.4 Å². The number of rotatable bonds is 12. The highest BCUT2D eigenvalue weighted by atomic mass is 35.5. The maximum absolute atomic E-state index is 12.9. The Bertz CT molecular complexity index is 3560. The van der Waals surface area contributed by atoms with Gasteiger partial charge in [0, 0.05) is 86.8 Å². The quantitative estimate of drug-likeness (QED) is 0.120. The summed E-state index contributed by atoms with van der Waals surface area (Å²) < 4.78 is 46.3. The maximum Gasteiger partial charge on any atom is 0.337 e. The van der Waals surface area contributed by atoms with Crippen LogP contribution in [-0.4, -0.2) is 108 Å². The number of amides is 1. The fourth-order valence-corrected chi connectivity index (χ4v) is 10.1. The number of aromatic nitrogens is 4. The Hall–Kier alpha value is -8.55. The number of hydrogen-bond donors (Lipinski definition) is 1. The number of hydrogen-bond acceptors (Lipinski definition) is 16. The van der Waals surface area contributed by atoms with Gasteiger partial charge in [-0.15, -0.1) is 12.4 Å². The van der Waals surface area contributed by atoms with Crippen molar-refractivity contribution in [2.45, 2.75) is 82.8 Å². The molecule has 18 nitrogen and oxygen atoms in total. The van der Waals surface area contributed by atoms with E-state index >= 15 is 0 Å². The number of benzene rings is 2. The molecular weight excluding hydrogens is 1040 g/mol. The lowest BCUT2D eigenvalue weighted by molar-refractivity contribution is 0.0252. The van der Waals surface area contributed by atoms with Gasteiger partial charge in [0.25, 0.3) is 5.91 Å². The monoisotopic (exact) mass is 1100 g/mol. The SMILES string of the molecule is C1CCCC1.COc1cc(C(=O)N2CCCC2)cnc1-c1cc2nccc(-c3ccc(OC4CCOCC4)c(C#N)c3)c2o1.COc1cc(C(=O)O)cnc1-c1cc2nccc(-c3ccc(OC4CCOCC4)c(C#N)c3)c2o1.Cl. The molecule has 1 amide bonds. The molecule has 0 atom stereocenters. The second-order valence-electron chi connectivity index (χ2n) is 19.5. The van der Waals surface area contributed by atoms with Gasteiger partial charge in [-0.1, -0.05) is 44.2 Å². The lowest BCUT2D eigenvalue weighted by Gasteiger charge is -2.23. The van der Waals surface area contributed by atoms with Crippen LogP contribution < -0.4 is 18.9 Å². The van der Waals surface area contributed by atoms with Gasteiger partial charge >= 0.3 is 5.97 Å². The van der Waals surface area contributed by atoms with E-state index in [1.54, 1.807) is 56.0 Å². The second-order valence-corrected chi connectivity index (χ2v) is 19.5. The molecule has 80 heavy (non-hydrogen) atoms. The average Bonchev–Trinajstić information content (AvgIpc) is 4.43. The summed E-state index contributed by atoms with van der Waals surface area (Å²) in [5, 5.41) is 28.8. The van der Waals surface area contributed by atoms with Gasteiger partial charge in [-0.2, -0.15) is 10.5 Å². The number of carboxylic acids is 1. The van der Waals surface area contributed by atoms with Crippen LogP contribution in [0.15, 0.2) is 106 Å². The van der Waals surface area contributed by atoms with E-state index in [2.05, 4.69) is 32.1 Å². The third kappa shape index (κ3) is 12.8. The molecule has 4 aliphatic rings. The first-order valence-electron chi connectivity index (χ1n) is 26.7. The smallest absolute Gasteiger partial charge is 0.337 e. The molecule has 8 aromatic rings. The standard InChI is InChI=1S/C30H28N4O5.C26H21N3O6.C5H10.ClH/c1-36-26-15-21(30(35)34-10-2-3-11-34)18-33-28(26)27-16-24-29(39-27)23(6-9-32-24)19-4-5-25(20(14-19)17-31)38-22-7-12-37-13-8-22;1-32-22-11-17(26(30)31)14-29-24(22)23-12-20-25(35-23)19(4-7-28-20)15-2-3-21(16(10-15)13-27)34-18-5-8-33-9-6-18;1-2-4-5-3-1;/h4-6,9,14-16,18,22H,2-3,7-8,10-13H2,1H3;2-4,7,10-12,14,18H,5-6,8-9H2,1H3,(H,30,31);1-5H2;1H. The summed E-state index contributed by atoms with van der Waals surface area (Å²) >= 11 is 0. The molecule has 19 heteroatoms. The van der Waals surface area contributed by atoms with Gasteiger partial charge in [0.05, 0.1) is 62.9 Å². The zero-order valence-corrected chi connectivity index (χ0v) is 45.3. The number of nitrogens with zero attached hydrogens (tertiary/aromatic N) is 7. The molecule has 6 aromatic heterocycles. The van der Waals surface area contributed by atoms with Gasteiger partial charge in [-0.3, -0.25) is 14.8 Å². The first-order chi connectivity index (χ1) is 38.7. The molecule has 0 bridgehead atoms. The molecule has 2 aromatic carbocycles. The highest BCUT2D eigenvalue weighted by Crippen LogP contribution is 2.40. The summed E-state index contributed by atoms with van der Waals surface area (Å²) in [6, 6.07) is 25.8. The summed E-state index contributed by atoms with van der Waals surface area (Å²) in [7, 11) is 2.98. The Morgan fingerprint density at radius 1 is 0.575 bits per heavy atom. The number of carbonyl (C=O) groups is 2. The Labute approximate surface area is 468 Å². The maximum atomic E-state index is 12.9. The minimum Gasteiger partial charge on any atom is -0.494 e. The van der Waals surface area contributed by atoms with Gasteiger partial charge in [0.15, 0.2) is 22.7 Å². The van der Waals surface area contributed by atoms with E-state index in [1.165, 1.54) is 51.5 Å². The third-order valence-corrected chi connectivity index (χ3v) is 14.3. The van der Waals surface area contributed by atoms with Crippen LogP contribution in [0, 0.1) is 22.7 Å². The number of methoxy groups -OCH3 is 2. The van der Waals surface area contributed by atoms with Crippen molar-refractivity contribution in [2.75, 3.05) is 53.7 Å². The molecule has 412 valence electrons. The van der Waals surface area contributed by atoms with Crippen molar-refractivity contribution in [3.05, 3.63) is 120 Å². The van der Waals surface area contributed by atoms with E-state index < -0.39 is 5.97 Å². The fourth-order valence-electron chi connectivity index (χ4n) is 10.1. The molecule has 1 N–H and O–H groups in total. The van der Waals surface area contributed by atoms with Crippen molar-refractivity contribution in [2.24, 2.45) is 0 Å². The molecule has 12 rings (SSSR count). The third-order valence-electron chi connectivity index (χ3n) is 14.3. The van der Waals surface area contributed by atoms with Crippen LogP contribution in [0.4, 0.5) is 0 Å². The minimum absolute atomic E-state index is 0. The molecule has 3 aliphatic heterocycles. The van der Waals surface area contributed by atoms with Gasteiger partial charge in [-0.05, 0) is 72.5 Å². The van der Waals surface area contributed by atoms with E-state index in [1.807, 2.05) is 41.3 Å². The Balaban J connectivity index is 0.000000177. The van der Waals surface area contributed by atoms with E-state index in [9.17, 15) is 25.2 Å². The molecule has 1 aliphatic carbocycles. The minimum atomic E-state index is -1.10. The summed E-state index contributed by atoms with van der Waals surface area (Å²) in [6.45, 7) is 4.15. The Morgan fingerprint density at radius 2 is 1.01 bits per heavy atom. The van der Waals surface area contributed by atoms with Crippen LogP contribution in [0.25, 0.3) is 67.4 Å². The van der Waals surface area contributed by atoms with Crippen molar-refractivity contribution in [1.82, 2.24) is 24.8 Å². The predicted molar refractivity (Wildman–Crippen MR) is 299 cm³/mol. The highest BCUT2D eigenvalue weighted by molar-refractivity contribution is 5.97. The van der Waals surface area contributed by atoms with E-state index in [0.29, 0.717) is 105 Å². The van der Waals surface area contributed by atoms with Crippen LogP contribution in [0.3, 0.4) is 0 Å². The molecule has 3 saturated heterocycles. The largest absolute Gasteiger partial charge is 0.494 e. The van der Waals surface area contributed by atoms with Crippen LogP contribution in [0.5, 0.6) is 23.0 Å². The number of fused-ring (bicyclic) bond motifs is 2. The number of aromatic carboxylic acids is 1. The lowest BCUT2D eigenvalue weighted by Crippen LogP contribution is -2.27. The highest BCUT2D eigenvalue weighted by Gasteiger charge is 2.25. The van der Waals surface area contributed by atoms with Crippen molar-refractivity contribution >= 4 is 46.5 Å². The second kappa shape index (κ2) is 26.4. The molecule has 0 radical (unpaired) electrons. The number of carboxylic acid groups (broad SMARTS) is 1. The van der Waals surface area contributed by atoms with Crippen molar-refractivity contribution < 1.29 is 52.0 Å². The summed E-state index contributed by atoms with van der Waals surface area (Å²) in [5.74, 6) is 1.53. The normalized spacial score (nSPS) is 15.3. The fraction of sp³-hybridized carbons (Fsp3) is 0.344. The van der Waals surface area contributed by atoms with E-state index in [0.717, 1.165) is 73.9 Å². The number of halogens is 1. The number of furan rings is 2. The van der Waals surface area contributed by atoms with Crippen LogP contribution in [0.2, 0.25) is 0 Å². The Kier molecular flexibility index (Phi) is 18.5. The zero-order valence-electron chi connectivity index (χ0n) is 44.5. The van der Waals surface area contributed by atoms with Crippen molar-refractivity contribution in [3.8, 4) is 80.3 Å². The molecule has 0 spiro atoms. The van der Waals surface area contributed by atoms with Gasteiger partial charge in [-0.25, -0.2) is 14.8 Å². The van der Waals surface area contributed by atoms with E-state index in [-0.39, 0.29) is 41.8 Å². The number of pyridine rings is 4. The number of likely N-dealkylation sites (tertiary alicyclic amines) is 1. The zero-order chi connectivity index (χ0) is 54.7. The number of nitriles is 2. The molecule has 4 fully saturated rings. The van der Waals surface area contributed by atoms with Crippen molar-refractivity contribution in [1.29, 1.82) is 10.5 Å². The van der Waals surface area contributed by atoms with Gasteiger partial charge in [0.2, 0.25) is 0 Å². The molecular formula is C61H60ClN7O11. The summed E-state index contributed by atoms with van der Waals surface area (Å²) in [6.07, 6.45) is 19.0. The number of carbonyl (C=O) groups excluding carboxylic acids is 1. The van der Waals surface area contributed by atoms with Gasteiger partial charge < -0.3 is 47.3 Å². The Morgan fingerprint density at radius 3 is 1.44 bits per heavy atom. The van der Waals surface area contributed by atoms with Gasteiger partial charge in [0.1, 0.15) is 69.8 Å². The lowest BCUT2D eigenvalue weighted by atomic mass is 10.0. The molecule has 0 unspecified atom stereocenters. The predicted octanol–water partition coefficient (Wildman–Crippen LogP) is 12.3. The van der Waals surface area contributed by atoms with Crippen LogP contribution in [-0.2, 0) is 9.47 Å². The number of ether oxygens (including phenoxy) is 6. The summed E-state index contributed by atoms with van der Waals surface area (Å²) in [5.41, 5.74) is 7.65. The average molecular weight is 1100 g/mol. The summed E-state index contributed by atoms with van der Waals surface area (Å²) in [4.78, 5) is 43.6. The van der Waals surface area contributed by atoms with E-state index in [4.69, 9.17) is 37.3 Å². The van der Waals surface area contributed by atoms with Crippen LogP contribution in [0.1, 0.15) is 102 Å². The molecule has 9 heterocycles. The molecule has 1 saturated carbocycles. The first kappa shape index (κ1) is 56.2. The first-order valence-corrected chi connectivity index (χ1v) is 26.7. The van der Waals surface area contributed by atoms with Crippen molar-refractivity contribution in [3.63, 3.8) is 0 Å². The topological polar surface area (TPSA) is 238 Å².